The van der Waals surface area contributed by atoms with Crippen molar-refractivity contribution in [1.82, 2.24) is 0 Å². The average Bonchev–Trinajstić information content (AvgIpc) is 2.17. The van der Waals surface area contributed by atoms with Crippen LogP contribution in [0.1, 0.15) is 59.3 Å². The number of aliphatic carboxylic acids is 1. The quantitative estimate of drug-likeness (QED) is 0.464. The largest absolute Gasteiger partial charge is 0.545 e. The van der Waals surface area contributed by atoms with Gasteiger partial charge in [-0.1, -0.05) is 38.7 Å². The summed E-state index contributed by atoms with van der Waals surface area (Å²) in [5.41, 5.74) is 1.48. The number of unbranched alkanes of at least 4 members (excludes halogenated alkanes) is 3. The normalized spacial score (nSPS) is 12.5. The van der Waals surface area contributed by atoms with Crippen LogP contribution in [-0.2, 0) is 4.79 Å². The SMILES string of the molecule is CCCCCC/C(CC)=C(\C)C(=O)[O-]. The average molecular weight is 197 g/mol. The molecule has 2 heteroatoms. The molecule has 0 aromatic rings. The summed E-state index contributed by atoms with van der Waals surface area (Å²) in [6.07, 6.45) is 6.48. The van der Waals surface area contributed by atoms with Crippen molar-refractivity contribution in [2.24, 2.45) is 0 Å². The first-order chi connectivity index (χ1) is 6.63. The fourth-order valence-corrected chi connectivity index (χ4v) is 1.54. The van der Waals surface area contributed by atoms with Crippen LogP contribution in [0.5, 0.6) is 0 Å². The Hall–Kier alpha value is -0.790. The molecule has 82 valence electrons. The molecule has 0 aliphatic rings. The van der Waals surface area contributed by atoms with E-state index in [1.54, 1.807) is 6.92 Å². The third-order valence-electron chi connectivity index (χ3n) is 2.60. The Balaban J connectivity index is 4.02. The van der Waals surface area contributed by atoms with Crippen LogP contribution in [0.2, 0.25) is 0 Å². The molecule has 0 aliphatic carbocycles. The van der Waals surface area contributed by atoms with E-state index in [0.29, 0.717) is 5.57 Å². The Bertz CT molecular complexity index is 204. The van der Waals surface area contributed by atoms with Crippen molar-refractivity contribution in [2.75, 3.05) is 0 Å². The molecule has 0 radical (unpaired) electrons. The van der Waals surface area contributed by atoms with E-state index >= 15 is 0 Å². The summed E-state index contributed by atoms with van der Waals surface area (Å²) in [6, 6.07) is 0. The first-order valence-corrected chi connectivity index (χ1v) is 5.53. The summed E-state index contributed by atoms with van der Waals surface area (Å²) in [6.45, 7) is 5.82. The van der Waals surface area contributed by atoms with Crippen molar-refractivity contribution in [3.05, 3.63) is 11.1 Å². The maximum Gasteiger partial charge on any atom is 0.0671 e. The molecule has 0 rings (SSSR count). The molecule has 0 atom stereocenters. The molecular formula is C12H21O2-. The van der Waals surface area contributed by atoms with Gasteiger partial charge in [0, 0.05) is 0 Å². The highest BCUT2D eigenvalue weighted by Crippen LogP contribution is 2.16. The monoisotopic (exact) mass is 197 g/mol. The van der Waals surface area contributed by atoms with Crippen LogP contribution in [-0.4, -0.2) is 5.97 Å². The predicted octanol–water partition coefficient (Wildman–Crippen LogP) is 2.43. The molecule has 0 aliphatic heterocycles. The zero-order valence-electron chi connectivity index (χ0n) is 9.56. The van der Waals surface area contributed by atoms with Gasteiger partial charge in [0.05, 0.1) is 5.97 Å². The first-order valence-electron chi connectivity index (χ1n) is 5.53. The van der Waals surface area contributed by atoms with Crippen molar-refractivity contribution < 1.29 is 9.90 Å². The Morgan fingerprint density at radius 2 is 1.79 bits per heavy atom. The molecule has 14 heavy (non-hydrogen) atoms. The van der Waals surface area contributed by atoms with Gasteiger partial charge in [0.15, 0.2) is 0 Å². The van der Waals surface area contributed by atoms with E-state index in [4.69, 9.17) is 0 Å². The second-order valence-electron chi connectivity index (χ2n) is 3.68. The standard InChI is InChI=1S/C12H22O2/c1-4-6-7-8-9-11(5-2)10(3)12(13)14/h4-9H2,1-3H3,(H,13,14)/p-1/b11-10+. The minimum absolute atomic E-state index is 0.434. The second kappa shape index (κ2) is 7.60. The lowest BCUT2D eigenvalue weighted by atomic mass is 10.00. The maximum absolute atomic E-state index is 10.6. The molecule has 0 spiro atoms. The molecule has 0 N–H and O–H groups in total. The van der Waals surface area contributed by atoms with Crippen molar-refractivity contribution in [3.63, 3.8) is 0 Å². The Morgan fingerprint density at radius 3 is 2.21 bits per heavy atom. The van der Waals surface area contributed by atoms with Crippen LogP contribution in [0.3, 0.4) is 0 Å². The first kappa shape index (κ1) is 13.2. The van der Waals surface area contributed by atoms with E-state index in [-0.39, 0.29) is 0 Å². The summed E-state index contributed by atoms with van der Waals surface area (Å²) in [5, 5.41) is 10.6. The fourth-order valence-electron chi connectivity index (χ4n) is 1.54. The van der Waals surface area contributed by atoms with Crippen LogP contribution < -0.4 is 5.11 Å². The van der Waals surface area contributed by atoms with Crippen molar-refractivity contribution in [2.45, 2.75) is 59.3 Å². The lowest BCUT2D eigenvalue weighted by molar-refractivity contribution is -0.299. The summed E-state index contributed by atoms with van der Waals surface area (Å²) in [4.78, 5) is 10.6. The Morgan fingerprint density at radius 1 is 1.14 bits per heavy atom. The number of rotatable bonds is 7. The smallest absolute Gasteiger partial charge is 0.0671 e. The van der Waals surface area contributed by atoms with Gasteiger partial charge in [-0.3, -0.25) is 0 Å². The molecule has 0 aromatic heterocycles. The number of carbonyl (C=O) groups excluding carboxylic acids is 1. The minimum Gasteiger partial charge on any atom is -0.545 e. The topological polar surface area (TPSA) is 40.1 Å². The number of hydrogen-bond acceptors (Lipinski definition) is 2. The molecule has 0 amide bonds. The summed E-state index contributed by atoms with van der Waals surface area (Å²) in [7, 11) is 0. The minimum atomic E-state index is -1.02. The molecular weight excluding hydrogens is 176 g/mol. The highest BCUT2D eigenvalue weighted by molar-refractivity contribution is 5.84. The molecule has 0 saturated carbocycles. The second-order valence-corrected chi connectivity index (χ2v) is 3.68. The van der Waals surface area contributed by atoms with E-state index in [0.717, 1.165) is 24.8 Å². The van der Waals surface area contributed by atoms with Gasteiger partial charge in [-0.15, -0.1) is 0 Å². The fraction of sp³-hybridized carbons (Fsp3) is 0.750. The van der Waals surface area contributed by atoms with Gasteiger partial charge < -0.3 is 9.90 Å². The zero-order chi connectivity index (χ0) is 11.0. The number of allylic oxidation sites excluding steroid dienone is 1. The zero-order valence-corrected chi connectivity index (χ0v) is 9.56. The Labute approximate surface area is 87.0 Å². The van der Waals surface area contributed by atoms with Gasteiger partial charge in [-0.2, -0.15) is 0 Å². The van der Waals surface area contributed by atoms with Crippen LogP contribution in [0, 0.1) is 0 Å². The summed E-state index contributed by atoms with van der Waals surface area (Å²) in [5.74, 6) is -1.02. The van der Waals surface area contributed by atoms with Gasteiger partial charge in [0.25, 0.3) is 0 Å². The van der Waals surface area contributed by atoms with Crippen LogP contribution >= 0.6 is 0 Å². The van der Waals surface area contributed by atoms with Crippen LogP contribution in [0.25, 0.3) is 0 Å². The highest BCUT2D eigenvalue weighted by atomic mass is 16.4. The third-order valence-corrected chi connectivity index (χ3v) is 2.60. The maximum atomic E-state index is 10.6. The number of carboxylic acids is 1. The van der Waals surface area contributed by atoms with Crippen molar-refractivity contribution in [3.8, 4) is 0 Å². The molecule has 0 fully saturated rings. The molecule has 0 heterocycles. The van der Waals surface area contributed by atoms with E-state index in [1.165, 1.54) is 19.3 Å². The molecule has 0 aromatic carbocycles. The lowest BCUT2D eigenvalue weighted by Crippen LogP contribution is -2.24. The van der Waals surface area contributed by atoms with Gasteiger partial charge in [0.2, 0.25) is 0 Å². The number of carboxylic acid groups (broad SMARTS) is 1. The van der Waals surface area contributed by atoms with E-state index < -0.39 is 5.97 Å². The summed E-state index contributed by atoms with van der Waals surface area (Å²) >= 11 is 0. The van der Waals surface area contributed by atoms with Crippen molar-refractivity contribution >= 4 is 5.97 Å². The van der Waals surface area contributed by atoms with E-state index in [1.807, 2.05) is 6.92 Å². The van der Waals surface area contributed by atoms with Gasteiger partial charge in [-0.05, 0) is 31.8 Å². The summed E-state index contributed by atoms with van der Waals surface area (Å²) < 4.78 is 0. The lowest BCUT2D eigenvalue weighted by Gasteiger charge is -2.11. The van der Waals surface area contributed by atoms with Gasteiger partial charge in [-0.25, -0.2) is 0 Å². The molecule has 0 bridgehead atoms. The molecule has 2 nitrogen and oxygen atoms in total. The molecule has 0 saturated heterocycles. The van der Waals surface area contributed by atoms with Gasteiger partial charge >= 0.3 is 0 Å². The van der Waals surface area contributed by atoms with Crippen LogP contribution in [0.4, 0.5) is 0 Å². The van der Waals surface area contributed by atoms with Gasteiger partial charge in [0.1, 0.15) is 0 Å². The van der Waals surface area contributed by atoms with Crippen LogP contribution in [0.15, 0.2) is 11.1 Å². The highest BCUT2D eigenvalue weighted by Gasteiger charge is 2.01. The predicted molar refractivity (Wildman–Crippen MR) is 56.8 cm³/mol. The van der Waals surface area contributed by atoms with E-state index in [9.17, 15) is 9.90 Å². The number of hydrogen-bond donors (Lipinski definition) is 0. The molecule has 0 unspecified atom stereocenters. The van der Waals surface area contributed by atoms with Crippen molar-refractivity contribution in [1.29, 1.82) is 0 Å². The van der Waals surface area contributed by atoms with E-state index in [2.05, 4.69) is 6.92 Å². The number of carbonyl (C=O) groups is 1. The Kier molecular flexibility index (Phi) is 7.17. The third kappa shape index (κ3) is 5.05.